The summed E-state index contributed by atoms with van der Waals surface area (Å²) in [6, 6.07) is 0. The second-order valence-electron chi connectivity index (χ2n) is 6.43. The highest BCUT2D eigenvalue weighted by Gasteiger charge is 2.45. The predicted octanol–water partition coefficient (Wildman–Crippen LogP) is 1.40. The van der Waals surface area contributed by atoms with Crippen LogP contribution in [0.2, 0.25) is 0 Å². The van der Waals surface area contributed by atoms with Crippen LogP contribution >= 0.6 is 11.8 Å². The van der Waals surface area contributed by atoms with Gasteiger partial charge >= 0.3 is 0 Å². The summed E-state index contributed by atoms with van der Waals surface area (Å²) >= 11 is 1.81. The summed E-state index contributed by atoms with van der Waals surface area (Å²) < 4.78 is -0.186. The van der Waals surface area contributed by atoms with E-state index in [-0.39, 0.29) is 16.1 Å². The molecule has 0 radical (unpaired) electrons. The molecule has 1 atom stereocenters. The Bertz CT molecular complexity index is 396. The van der Waals surface area contributed by atoms with E-state index in [0.717, 1.165) is 51.1 Å². The third-order valence-corrected chi connectivity index (χ3v) is 6.49. The van der Waals surface area contributed by atoms with Crippen LogP contribution in [0.15, 0.2) is 0 Å². The Balaban J connectivity index is 1.61. The lowest BCUT2D eigenvalue weighted by atomic mass is 9.77. The fraction of sp³-hybridized carbons (Fsp3) is 0.857. The molecule has 3 rings (SSSR count). The van der Waals surface area contributed by atoms with Crippen molar-refractivity contribution in [3.63, 3.8) is 0 Å². The van der Waals surface area contributed by atoms with Crippen LogP contribution in [0.5, 0.6) is 0 Å². The topological polar surface area (TPSA) is 49.4 Å². The highest BCUT2D eigenvalue weighted by molar-refractivity contribution is 8.01. The number of hydrogen-bond acceptors (Lipinski definition) is 3. The van der Waals surface area contributed by atoms with E-state index in [1.165, 1.54) is 0 Å². The molecule has 2 amide bonds. The zero-order valence-corrected chi connectivity index (χ0v) is 12.4. The van der Waals surface area contributed by atoms with E-state index < -0.39 is 0 Å². The maximum Gasteiger partial charge on any atom is 0.238 e. The number of rotatable bonds is 1. The van der Waals surface area contributed by atoms with Crippen LogP contribution in [0.4, 0.5) is 0 Å². The maximum absolute atomic E-state index is 12.6. The maximum atomic E-state index is 12.6. The van der Waals surface area contributed by atoms with Crippen molar-refractivity contribution < 1.29 is 9.59 Å². The standard InChI is InChI=1S/C14H22N2O2S/c1-13(3-2-8-19-13)12(18)16-6-4-14(5-7-16)9-11(17)15-10-14/h2-10H2,1H3,(H,15,17). The Morgan fingerprint density at radius 3 is 2.58 bits per heavy atom. The molecule has 0 aromatic carbocycles. The summed E-state index contributed by atoms with van der Waals surface area (Å²) in [4.78, 5) is 26.0. The van der Waals surface area contributed by atoms with Crippen molar-refractivity contribution in [3.8, 4) is 0 Å². The van der Waals surface area contributed by atoms with E-state index in [2.05, 4.69) is 12.2 Å². The summed E-state index contributed by atoms with van der Waals surface area (Å²) in [5.74, 6) is 1.61. The number of carbonyl (C=O) groups excluding carboxylic acids is 2. The third kappa shape index (κ3) is 2.37. The molecule has 0 bridgehead atoms. The Morgan fingerprint density at radius 2 is 2.05 bits per heavy atom. The summed E-state index contributed by atoms with van der Waals surface area (Å²) in [6.07, 6.45) is 4.76. The van der Waals surface area contributed by atoms with Gasteiger partial charge in [-0.1, -0.05) is 0 Å². The molecule has 3 saturated heterocycles. The third-order valence-electron chi connectivity index (χ3n) is 4.98. The average Bonchev–Trinajstić information content (AvgIpc) is 2.98. The van der Waals surface area contributed by atoms with Crippen molar-refractivity contribution in [3.05, 3.63) is 0 Å². The average molecular weight is 282 g/mol. The van der Waals surface area contributed by atoms with Crippen molar-refractivity contribution in [1.82, 2.24) is 10.2 Å². The lowest BCUT2D eigenvalue weighted by Crippen LogP contribution is -2.50. The summed E-state index contributed by atoms with van der Waals surface area (Å²) in [5, 5.41) is 2.94. The smallest absolute Gasteiger partial charge is 0.238 e. The minimum atomic E-state index is -0.186. The van der Waals surface area contributed by atoms with E-state index in [1.54, 1.807) is 0 Å². The second kappa shape index (κ2) is 4.69. The fourth-order valence-electron chi connectivity index (χ4n) is 3.57. The summed E-state index contributed by atoms with van der Waals surface area (Å²) in [6.45, 7) is 4.55. The quantitative estimate of drug-likeness (QED) is 0.791. The Labute approximate surface area is 118 Å². The first kappa shape index (κ1) is 13.3. The predicted molar refractivity (Wildman–Crippen MR) is 76.0 cm³/mol. The second-order valence-corrected chi connectivity index (χ2v) is 8.03. The molecule has 4 nitrogen and oxygen atoms in total. The van der Waals surface area contributed by atoms with Crippen LogP contribution in [0.25, 0.3) is 0 Å². The van der Waals surface area contributed by atoms with Crippen molar-refractivity contribution >= 4 is 23.6 Å². The molecule has 0 aliphatic carbocycles. The first-order valence-corrected chi connectivity index (χ1v) is 8.22. The van der Waals surface area contributed by atoms with E-state index in [4.69, 9.17) is 0 Å². The first-order valence-electron chi connectivity index (χ1n) is 7.23. The summed E-state index contributed by atoms with van der Waals surface area (Å²) in [7, 11) is 0. The van der Waals surface area contributed by atoms with Gasteiger partial charge in [0.05, 0.1) is 4.75 Å². The molecule has 1 unspecified atom stereocenters. The highest BCUT2D eigenvalue weighted by Crippen LogP contribution is 2.42. The van der Waals surface area contributed by atoms with Gasteiger partial charge in [-0.15, -0.1) is 11.8 Å². The summed E-state index contributed by atoms with van der Waals surface area (Å²) in [5.41, 5.74) is 0.136. The lowest BCUT2D eigenvalue weighted by Gasteiger charge is -2.40. The molecule has 3 aliphatic rings. The van der Waals surface area contributed by atoms with Crippen molar-refractivity contribution in [2.45, 2.75) is 43.8 Å². The van der Waals surface area contributed by atoms with E-state index in [0.29, 0.717) is 12.3 Å². The van der Waals surface area contributed by atoms with Crippen molar-refractivity contribution in [2.24, 2.45) is 5.41 Å². The van der Waals surface area contributed by atoms with Gasteiger partial charge in [-0.25, -0.2) is 0 Å². The number of nitrogens with one attached hydrogen (secondary N) is 1. The SMILES string of the molecule is CC1(C(=O)N2CCC3(CC2)CNC(=O)C3)CCCS1. The van der Waals surface area contributed by atoms with Gasteiger partial charge in [0.15, 0.2) is 0 Å². The van der Waals surface area contributed by atoms with Gasteiger partial charge < -0.3 is 10.2 Å². The molecule has 106 valence electrons. The van der Waals surface area contributed by atoms with E-state index in [1.807, 2.05) is 16.7 Å². The molecule has 0 aromatic heterocycles. The van der Waals surface area contributed by atoms with Crippen LogP contribution in [0, 0.1) is 5.41 Å². The Kier molecular flexibility index (Phi) is 3.28. The molecule has 3 fully saturated rings. The Morgan fingerprint density at radius 1 is 1.32 bits per heavy atom. The number of thioether (sulfide) groups is 1. The zero-order valence-electron chi connectivity index (χ0n) is 11.5. The number of amides is 2. The molecule has 0 saturated carbocycles. The van der Waals surface area contributed by atoms with Gasteiger partial charge in [-0.05, 0) is 43.8 Å². The number of hydrogen-bond donors (Lipinski definition) is 1. The monoisotopic (exact) mass is 282 g/mol. The van der Waals surface area contributed by atoms with Crippen molar-refractivity contribution in [2.75, 3.05) is 25.4 Å². The van der Waals surface area contributed by atoms with Crippen LogP contribution in [-0.4, -0.2) is 46.8 Å². The van der Waals surface area contributed by atoms with E-state index in [9.17, 15) is 9.59 Å². The number of nitrogens with zero attached hydrogens (tertiary/aromatic N) is 1. The minimum absolute atomic E-state index is 0.136. The van der Waals surface area contributed by atoms with Gasteiger partial charge in [0.1, 0.15) is 0 Å². The van der Waals surface area contributed by atoms with Crippen LogP contribution in [0.3, 0.4) is 0 Å². The largest absolute Gasteiger partial charge is 0.356 e. The first-order chi connectivity index (χ1) is 9.03. The molecular weight excluding hydrogens is 260 g/mol. The van der Waals surface area contributed by atoms with Gasteiger partial charge in [0.2, 0.25) is 11.8 Å². The fourth-order valence-corrected chi connectivity index (χ4v) is 4.85. The zero-order chi connectivity index (χ0) is 13.5. The van der Waals surface area contributed by atoms with Crippen molar-refractivity contribution in [1.29, 1.82) is 0 Å². The molecule has 5 heteroatoms. The minimum Gasteiger partial charge on any atom is -0.356 e. The molecule has 1 N–H and O–H groups in total. The van der Waals surface area contributed by atoms with E-state index >= 15 is 0 Å². The van der Waals surface area contributed by atoms with Gasteiger partial charge in [-0.2, -0.15) is 0 Å². The molecule has 3 heterocycles. The molecule has 1 spiro atoms. The van der Waals surface area contributed by atoms with Crippen LogP contribution in [-0.2, 0) is 9.59 Å². The highest BCUT2D eigenvalue weighted by atomic mass is 32.2. The number of piperidine rings is 1. The molecule has 0 aromatic rings. The number of likely N-dealkylation sites (tertiary alicyclic amines) is 1. The van der Waals surface area contributed by atoms with Gasteiger partial charge in [0.25, 0.3) is 0 Å². The lowest BCUT2D eigenvalue weighted by molar-refractivity contribution is -0.135. The van der Waals surface area contributed by atoms with Crippen LogP contribution in [0.1, 0.15) is 39.0 Å². The normalized spacial score (nSPS) is 33.7. The Hall–Kier alpha value is -0.710. The molecular formula is C14H22N2O2S. The number of carbonyl (C=O) groups is 2. The van der Waals surface area contributed by atoms with Gasteiger partial charge in [0, 0.05) is 26.1 Å². The van der Waals surface area contributed by atoms with Gasteiger partial charge in [-0.3, -0.25) is 9.59 Å². The molecule has 19 heavy (non-hydrogen) atoms. The van der Waals surface area contributed by atoms with Crippen LogP contribution < -0.4 is 5.32 Å². The molecule has 3 aliphatic heterocycles.